The van der Waals surface area contributed by atoms with Crippen LogP contribution in [0.4, 0.5) is 4.79 Å². The van der Waals surface area contributed by atoms with Gasteiger partial charge in [0.15, 0.2) is 11.8 Å². The molecule has 3 aromatic rings. The van der Waals surface area contributed by atoms with E-state index in [-0.39, 0.29) is 31.0 Å². The monoisotopic (exact) mass is 514 g/mol. The van der Waals surface area contributed by atoms with Gasteiger partial charge in [-0.2, -0.15) is 4.98 Å². The fraction of sp³-hybridized carbons (Fsp3) is 0.480. The molecule has 6 rings (SSSR count). The number of hydrogen-bond acceptors (Lipinski definition) is 7. The van der Waals surface area contributed by atoms with Crippen molar-refractivity contribution in [2.45, 2.75) is 62.1 Å². The normalized spacial score (nSPS) is 29.8. The summed E-state index contributed by atoms with van der Waals surface area (Å²) in [7, 11) is 0. The van der Waals surface area contributed by atoms with Gasteiger partial charge in [-0.3, -0.25) is 0 Å². The van der Waals surface area contributed by atoms with Gasteiger partial charge in [-0.25, -0.2) is 9.78 Å². The number of aromatic amines is 1. The van der Waals surface area contributed by atoms with Crippen molar-refractivity contribution < 1.29 is 29.2 Å². The second-order valence-electron chi connectivity index (χ2n) is 9.67. The lowest BCUT2D eigenvalue weighted by molar-refractivity contribution is 0.00706. The van der Waals surface area contributed by atoms with E-state index in [1.807, 2.05) is 12.1 Å². The molecule has 4 N–H and O–H groups in total. The lowest BCUT2D eigenvalue weighted by Gasteiger charge is -2.28. The van der Waals surface area contributed by atoms with Gasteiger partial charge in [0.05, 0.1) is 29.4 Å². The van der Waals surface area contributed by atoms with E-state index in [9.17, 15) is 9.90 Å². The van der Waals surface area contributed by atoms with Crippen LogP contribution in [0, 0.1) is 0 Å². The number of rotatable bonds is 5. The van der Waals surface area contributed by atoms with Crippen LogP contribution in [0.5, 0.6) is 6.01 Å². The number of benzene rings is 1. The number of aromatic nitrogens is 3. The maximum Gasteiger partial charge on any atom is 0.404 e. The van der Waals surface area contributed by atoms with Crippen molar-refractivity contribution >= 4 is 28.9 Å². The smallest absolute Gasteiger partial charge is 0.404 e. The molecule has 3 aliphatic rings. The molecule has 3 fully saturated rings. The van der Waals surface area contributed by atoms with Gasteiger partial charge in [0.1, 0.15) is 18.3 Å². The first-order chi connectivity index (χ1) is 17.4. The van der Waals surface area contributed by atoms with Gasteiger partial charge in [0.2, 0.25) is 0 Å². The average molecular weight is 515 g/mol. The summed E-state index contributed by atoms with van der Waals surface area (Å²) in [6.07, 6.45) is 0.902. The van der Waals surface area contributed by atoms with E-state index in [4.69, 9.17) is 30.9 Å². The van der Waals surface area contributed by atoms with E-state index in [1.165, 1.54) is 5.56 Å². The Bertz CT molecular complexity index is 1260. The molecule has 0 bridgehead atoms. The first-order valence-corrected chi connectivity index (χ1v) is 12.6. The molecule has 2 aliphatic heterocycles. The van der Waals surface area contributed by atoms with E-state index in [0.29, 0.717) is 40.4 Å². The standard InChI is InChI=1S/C25H27ClN4O6/c26-16-9-17-23(30-24(28-17)36-19-11-35-21-18(31)10-34-22(19)21)29-20(16)14-3-1-12(2-4-14)13-5-7-15(8-6-13)27-25(32)33/h1-4,9,13,15,18-19,21-22,27,31H,5-8,10-11H2,(H,32,33)(H,28,29,30)/t13?,15?,18-,19-,21-,22-/m1/s1. The Morgan fingerprint density at radius 2 is 1.83 bits per heavy atom. The number of carbonyl (C=O) groups is 1. The molecule has 0 radical (unpaired) electrons. The van der Waals surface area contributed by atoms with Gasteiger partial charge in [0.25, 0.3) is 6.01 Å². The number of pyridine rings is 1. The molecule has 4 heterocycles. The number of aliphatic hydroxyl groups excluding tert-OH is 1. The molecule has 2 aromatic heterocycles. The summed E-state index contributed by atoms with van der Waals surface area (Å²) in [6.45, 7) is 0.546. The Morgan fingerprint density at radius 3 is 2.58 bits per heavy atom. The number of aliphatic hydroxyl groups is 1. The molecule has 2 saturated heterocycles. The van der Waals surface area contributed by atoms with Crippen molar-refractivity contribution in [3.05, 3.63) is 40.9 Å². The van der Waals surface area contributed by atoms with Gasteiger partial charge >= 0.3 is 6.09 Å². The zero-order chi connectivity index (χ0) is 24.8. The van der Waals surface area contributed by atoms with Crippen molar-refractivity contribution in [2.24, 2.45) is 0 Å². The molecule has 4 atom stereocenters. The van der Waals surface area contributed by atoms with Crippen molar-refractivity contribution in [2.75, 3.05) is 13.2 Å². The van der Waals surface area contributed by atoms with Crippen LogP contribution >= 0.6 is 11.6 Å². The highest BCUT2D eigenvalue weighted by molar-refractivity contribution is 6.33. The first kappa shape index (κ1) is 23.5. The third-order valence-electron chi connectivity index (χ3n) is 7.36. The summed E-state index contributed by atoms with van der Waals surface area (Å²) in [4.78, 5) is 23.1. The molecule has 10 nitrogen and oxygen atoms in total. The SMILES string of the molecule is O=C(O)NC1CCC(c2ccc(-c3nc4nc(O[C@@H]5CO[C@H]6[C@@H]5OC[C@H]6O)[nH]c4cc3Cl)cc2)CC1. The van der Waals surface area contributed by atoms with Gasteiger partial charge < -0.3 is 34.7 Å². The quantitative estimate of drug-likeness (QED) is 0.406. The number of halogens is 1. The Labute approximate surface area is 211 Å². The van der Waals surface area contributed by atoms with Crippen LogP contribution in [-0.2, 0) is 9.47 Å². The second kappa shape index (κ2) is 9.51. The first-order valence-electron chi connectivity index (χ1n) is 12.2. The molecular formula is C25H27ClN4O6. The third-order valence-corrected chi connectivity index (χ3v) is 7.65. The number of H-pyrrole nitrogens is 1. The topological polar surface area (TPSA) is 139 Å². The van der Waals surface area contributed by atoms with E-state index in [0.717, 1.165) is 31.2 Å². The highest BCUT2D eigenvalue weighted by atomic mass is 35.5. The van der Waals surface area contributed by atoms with E-state index < -0.39 is 12.2 Å². The number of fused-ring (bicyclic) bond motifs is 2. The molecule has 1 aromatic carbocycles. The third kappa shape index (κ3) is 4.50. The van der Waals surface area contributed by atoms with Crippen molar-refractivity contribution in [1.29, 1.82) is 0 Å². The van der Waals surface area contributed by atoms with Gasteiger partial charge in [-0.05, 0) is 43.2 Å². The van der Waals surface area contributed by atoms with Crippen molar-refractivity contribution in [1.82, 2.24) is 20.3 Å². The van der Waals surface area contributed by atoms with E-state index in [1.54, 1.807) is 6.07 Å². The minimum absolute atomic E-state index is 0.0374. The van der Waals surface area contributed by atoms with E-state index in [2.05, 4.69) is 32.4 Å². The van der Waals surface area contributed by atoms with Crippen LogP contribution in [0.3, 0.4) is 0 Å². The lowest BCUT2D eigenvalue weighted by atomic mass is 9.81. The molecule has 0 unspecified atom stereocenters. The second-order valence-corrected chi connectivity index (χ2v) is 10.1. The minimum atomic E-state index is -0.955. The van der Waals surface area contributed by atoms with Gasteiger partial charge in [0, 0.05) is 11.6 Å². The lowest BCUT2D eigenvalue weighted by Crippen LogP contribution is -2.36. The number of imidazole rings is 1. The fourth-order valence-electron chi connectivity index (χ4n) is 5.50. The van der Waals surface area contributed by atoms with Gasteiger partial charge in [-0.15, -0.1) is 0 Å². The van der Waals surface area contributed by atoms with Gasteiger partial charge in [-0.1, -0.05) is 35.9 Å². The van der Waals surface area contributed by atoms with E-state index >= 15 is 0 Å². The van der Waals surface area contributed by atoms with Crippen LogP contribution in [-0.4, -0.2) is 74.9 Å². The number of ether oxygens (including phenoxy) is 3. The molecule has 11 heteroatoms. The number of hydrogen-bond donors (Lipinski definition) is 4. The summed E-state index contributed by atoms with van der Waals surface area (Å²) in [5.74, 6) is 0.409. The summed E-state index contributed by atoms with van der Waals surface area (Å²) in [5.41, 5.74) is 3.90. The summed E-state index contributed by atoms with van der Waals surface area (Å²) in [6, 6.07) is 10.3. The highest BCUT2D eigenvalue weighted by Crippen LogP contribution is 2.36. The van der Waals surface area contributed by atoms with Crippen LogP contribution in [0.25, 0.3) is 22.4 Å². The highest BCUT2D eigenvalue weighted by Gasteiger charge is 2.48. The Morgan fingerprint density at radius 1 is 1.08 bits per heavy atom. The Balaban J connectivity index is 1.16. The largest absolute Gasteiger partial charge is 0.465 e. The molecule has 1 amide bonds. The average Bonchev–Trinajstić information content (AvgIpc) is 3.55. The predicted octanol–water partition coefficient (Wildman–Crippen LogP) is 3.48. The van der Waals surface area contributed by atoms with Crippen molar-refractivity contribution in [3.63, 3.8) is 0 Å². The Hall–Kier alpha value is -2.92. The van der Waals surface area contributed by atoms with Crippen LogP contribution < -0.4 is 10.1 Å². The van der Waals surface area contributed by atoms with Crippen molar-refractivity contribution in [3.8, 4) is 17.3 Å². The predicted molar refractivity (Wildman–Crippen MR) is 130 cm³/mol. The number of amides is 1. The maximum absolute atomic E-state index is 10.9. The molecule has 36 heavy (non-hydrogen) atoms. The Kier molecular flexibility index (Phi) is 6.20. The van der Waals surface area contributed by atoms with Crippen LogP contribution in [0.15, 0.2) is 30.3 Å². The number of nitrogens with one attached hydrogen (secondary N) is 2. The molecule has 190 valence electrons. The zero-order valence-corrected chi connectivity index (χ0v) is 20.1. The molecule has 0 spiro atoms. The fourth-order valence-corrected chi connectivity index (χ4v) is 5.76. The van der Waals surface area contributed by atoms with Crippen LogP contribution in [0.1, 0.15) is 37.2 Å². The zero-order valence-electron chi connectivity index (χ0n) is 19.4. The summed E-state index contributed by atoms with van der Waals surface area (Å²) < 4.78 is 17.2. The summed E-state index contributed by atoms with van der Waals surface area (Å²) >= 11 is 6.58. The van der Waals surface area contributed by atoms with Crippen LogP contribution in [0.2, 0.25) is 5.02 Å². The molecular weight excluding hydrogens is 488 g/mol. The maximum atomic E-state index is 10.9. The molecule has 1 aliphatic carbocycles. The minimum Gasteiger partial charge on any atom is -0.465 e. The number of nitrogens with zero attached hydrogens (tertiary/aromatic N) is 2. The number of carboxylic acid groups (broad SMARTS) is 1. The molecule has 1 saturated carbocycles. The summed E-state index contributed by atoms with van der Waals surface area (Å²) in [5, 5.41) is 21.9.